The molecule has 5 nitrogen and oxygen atoms in total. The van der Waals surface area contributed by atoms with Crippen LogP contribution in [-0.4, -0.2) is 26.9 Å². The maximum Gasteiger partial charge on any atom is 0.234 e. The summed E-state index contributed by atoms with van der Waals surface area (Å²) >= 11 is 3.24. The number of hydrogen-bond donors (Lipinski definition) is 0. The molecule has 0 saturated carbocycles. The molecule has 4 rings (SSSR count). The molecule has 2 aromatic carbocycles. The van der Waals surface area contributed by atoms with E-state index in [0.717, 1.165) is 32.9 Å². The van der Waals surface area contributed by atoms with Crippen LogP contribution >= 0.6 is 23.1 Å². The highest BCUT2D eigenvalue weighted by Crippen LogP contribution is 2.24. The Bertz CT molecular complexity index is 1040. The Hall–Kier alpha value is -2.64. The van der Waals surface area contributed by atoms with E-state index in [4.69, 9.17) is 4.74 Å². The number of hydrogen-bond acceptors (Lipinski definition) is 6. The number of aromatic nitrogens is 4. The molecule has 0 aliphatic heterocycles. The molecule has 4 aromatic rings. The smallest absolute Gasteiger partial charge is 0.234 e. The van der Waals surface area contributed by atoms with Crippen LogP contribution in [-0.2, 0) is 5.75 Å². The fourth-order valence-electron chi connectivity index (χ4n) is 2.46. The molecular formula is C19H16N4OS2. The number of thioether (sulfide) groups is 1. The van der Waals surface area contributed by atoms with E-state index in [1.807, 2.05) is 59.1 Å². The Morgan fingerprint density at radius 2 is 1.85 bits per heavy atom. The predicted octanol–water partition coefficient (Wildman–Crippen LogP) is 4.66. The molecule has 0 aliphatic carbocycles. The van der Waals surface area contributed by atoms with Crippen molar-refractivity contribution in [1.29, 1.82) is 0 Å². The van der Waals surface area contributed by atoms with Gasteiger partial charge in [-0.15, -0.1) is 22.0 Å². The van der Waals surface area contributed by atoms with Crippen LogP contribution in [0.25, 0.3) is 17.1 Å². The van der Waals surface area contributed by atoms with E-state index in [1.165, 1.54) is 16.2 Å². The second kappa shape index (κ2) is 7.72. The predicted molar refractivity (Wildman–Crippen MR) is 107 cm³/mol. The summed E-state index contributed by atoms with van der Waals surface area (Å²) in [5.74, 6) is 2.42. The largest absolute Gasteiger partial charge is 0.496 e. The summed E-state index contributed by atoms with van der Waals surface area (Å²) in [5, 5.41) is 14.0. The number of fused-ring (bicyclic) bond motifs is 1. The number of ether oxygens (including phenoxy) is 1. The topological polar surface area (TPSA) is 52.3 Å². The minimum Gasteiger partial charge on any atom is -0.496 e. The van der Waals surface area contributed by atoms with Gasteiger partial charge in [-0.1, -0.05) is 47.7 Å². The van der Waals surface area contributed by atoms with E-state index in [0.29, 0.717) is 0 Å². The van der Waals surface area contributed by atoms with Crippen molar-refractivity contribution in [2.45, 2.75) is 10.6 Å². The molecule has 0 saturated heterocycles. The second-order valence-electron chi connectivity index (χ2n) is 5.43. The fraction of sp³-hybridized carbons (Fsp3) is 0.105. The van der Waals surface area contributed by atoms with Crippen LogP contribution in [0, 0.1) is 0 Å². The van der Waals surface area contributed by atoms with E-state index in [-0.39, 0.29) is 0 Å². The number of para-hydroxylation sites is 1. The van der Waals surface area contributed by atoms with Gasteiger partial charge in [0.25, 0.3) is 0 Å². The lowest BCUT2D eigenvalue weighted by Gasteiger charge is -2.02. The highest BCUT2D eigenvalue weighted by Gasteiger charge is 2.11. The molecule has 2 heterocycles. The van der Waals surface area contributed by atoms with Crippen molar-refractivity contribution in [3.63, 3.8) is 0 Å². The van der Waals surface area contributed by atoms with E-state index >= 15 is 0 Å². The maximum absolute atomic E-state index is 5.37. The first kappa shape index (κ1) is 16.8. The monoisotopic (exact) mass is 380 g/mol. The number of nitrogens with zero attached hydrogens (tertiary/aromatic N) is 4. The summed E-state index contributed by atoms with van der Waals surface area (Å²) in [7, 11) is 1.67. The molecule has 26 heavy (non-hydrogen) atoms. The van der Waals surface area contributed by atoms with Gasteiger partial charge in [-0.3, -0.25) is 0 Å². The Balaban J connectivity index is 1.53. The van der Waals surface area contributed by atoms with Crippen LogP contribution < -0.4 is 4.74 Å². The van der Waals surface area contributed by atoms with E-state index in [9.17, 15) is 0 Å². The number of rotatable bonds is 6. The van der Waals surface area contributed by atoms with Crippen molar-refractivity contribution in [3.8, 4) is 5.75 Å². The molecule has 0 unspecified atom stereocenters. The zero-order chi connectivity index (χ0) is 17.8. The van der Waals surface area contributed by atoms with Crippen LogP contribution in [0.4, 0.5) is 0 Å². The summed E-state index contributed by atoms with van der Waals surface area (Å²) in [6.45, 7) is 0. The van der Waals surface area contributed by atoms with Crippen molar-refractivity contribution < 1.29 is 4.74 Å². The van der Waals surface area contributed by atoms with Crippen LogP contribution in [0.2, 0.25) is 0 Å². The Labute approximate surface area is 159 Å². The van der Waals surface area contributed by atoms with Gasteiger partial charge in [0.1, 0.15) is 10.8 Å². The number of benzene rings is 2. The Morgan fingerprint density at radius 3 is 2.69 bits per heavy atom. The third-order valence-corrected chi connectivity index (χ3v) is 5.60. The first-order valence-corrected chi connectivity index (χ1v) is 9.84. The number of methoxy groups -OCH3 is 1. The third-order valence-electron chi connectivity index (χ3n) is 3.73. The van der Waals surface area contributed by atoms with Gasteiger partial charge in [-0.25, -0.2) is 0 Å². The molecule has 0 atom stereocenters. The van der Waals surface area contributed by atoms with Gasteiger partial charge in [0, 0.05) is 10.5 Å². The highest BCUT2D eigenvalue weighted by molar-refractivity contribution is 7.98. The Morgan fingerprint density at radius 1 is 1.04 bits per heavy atom. The van der Waals surface area contributed by atoms with Crippen molar-refractivity contribution >= 4 is 40.2 Å². The zero-order valence-electron chi connectivity index (χ0n) is 14.1. The second-order valence-corrected chi connectivity index (χ2v) is 7.46. The van der Waals surface area contributed by atoms with Crippen molar-refractivity contribution in [1.82, 2.24) is 19.8 Å². The van der Waals surface area contributed by atoms with Gasteiger partial charge in [-0.05, 0) is 30.4 Å². The lowest BCUT2D eigenvalue weighted by Crippen LogP contribution is -1.93. The van der Waals surface area contributed by atoms with E-state index < -0.39 is 0 Å². The quantitative estimate of drug-likeness (QED) is 0.456. The third kappa shape index (κ3) is 3.63. The average Bonchev–Trinajstić information content (AvgIpc) is 3.26. The van der Waals surface area contributed by atoms with Gasteiger partial charge < -0.3 is 4.74 Å². The maximum atomic E-state index is 5.37. The first-order chi connectivity index (χ1) is 12.8. The molecular weight excluding hydrogens is 364 g/mol. The molecule has 0 amide bonds. The first-order valence-electron chi connectivity index (χ1n) is 8.03. The van der Waals surface area contributed by atoms with E-state index in [2.05, 4.69) is 27.4 Å². The molecule has 2 aromatic heterocycles. The van der Waals surface area contributed by atoms with Crippen LogP contribution in [0.3, 0.4) is 0 Å². The van der Waals surface area contributed by atoms with Crippen molar-refractivity contribution in [2.24, 2.45) is 0 Å². The molecule has 0 radical (unpaired) electrons. The lowest BCUT2D eigenvalue weighted by atomic mass is 10.2. The molecule has 7 heteroatoms. The standard InChI is InChI=1S/C19H16N4OS2/c1-24-16-10-6-5-7-14(16)11-12-18-22-23-17(20-21-19(23)26-18)13-25-15-8-3-2-4-9-15/h2-12H,13H2,1H3. The molecule has 0 bridgehead atoms. The highest BCUT2D eigenvalue weighted by atomic mass is 32.2. The SMILES string of the molecule is COc1ccccc1C=Cc1nn2c(CSc3ccccc3)nnc2s1. The average molecular weight is 380 g/mol. The zero-order valence-corrected chi connectivity index (χ0v) is 15.7. The van der Waals surface area contributed by atoms with E-state index in [1.54, 1.807) is 18.9 Å². The summed E-state index contributed by atoms with van der Waals surface area (Å²) in [4.78, 5) is 2.00. The molecule has 130 valence electrons. The van der Waals surface area contributed by atoms with Gasteiger partial charge in [0.15, 0.2) is 5.82 Å². The van der Waals surface area contributed by atoms with Crippen molar-refractivity contribution in [2.75, 3.05) is 7.11 Å². The van der Waals surface area contributed by atoms with Gasteiger partial charge in [0.2, 0.25) is 4.96 Å². The fourth-order valence-corrected chi connectivity index (χ4v) is 4.04. The molecule has 0 aliphatic rings. The van der Waals surface area contributed by atoms with Crippen LogP contribution in [0.15, 0.2) is 59.5 Å². The minimum atomic E-state index is 0.727. The summed E-state index contributed by atoms with van der Waals surface area (Å²) < 4.78 is 7.19. The minimum absolute atomic E-state index is 0.727. The van der Waals surface area contributed by atoms with Gasteiger partial charge in [0.05, 0.1) is 12.9 Å². The molecule has 0 fully saturated rings. The Kier molecular flexibility index (Phi) is 4.99. The summed E-state index contributed by atoms with van der Waals surface area (Å²) in [5.41, 5.74) is 1.01. The van der Waals surface area contributed by atoms with Crippen LogP contribution in [0.5, 0.6) is 5.75 Å². The van der Waals surface area contributed by atoms with Gasteiger partial charge in [-0.2, -0.15) is 9.61 Å². The molecule has 0 N–H and O–H groups in total. The normalized spacial score (nSPS) is 11.4. The summed E-state index contributed by atoms with van der Waals surface area (Å²) in [6, 6.07) is 18.2. The van der Waals surface area contributed by atoms with Gasteiger partial charge >= 0.3 is 0 Å². The van der Waals surface area contributed by atoms with Crippen LogP contribution in [0.1, 0.15) is 16.4 Å². The summed E-state index contributed by atoms with van der Waals surface area (Å²) in [6.07, 6.45) is 3.98. The van der Waals surface area contributed by atoms with Crippen molar-refractivity contribution in [3.05, 3.63) is 71.0 Å². The lowest BCUT2D eigenvalue weighted by molar-refractivity contribution is 0.414. The molecule has 0 spiro atoms.